The number of fused-ring (bicyclic) bond motifs is 1. The van der Waals surface area contributed by atoms with Crippen molar-refractivity contribution in [1.29, 1.82) is 0 Å². The number of nitrogens with one attached hydrogen (secondary N) is 1. The summed E-state index contributed by atoms with van der Waals surface area (Å²) in [6.07, 6.45) is 0.973. The Morgan fingerprint density at radius 3 is 2.44 bits per heavy atom. The molecule has 0 saturated carbocycles. The van der Waals surface area contributed by atoms with Gasteiger partial charge in [0.25, 0.3) is 0 Å². The molecule has 1 aromatic heterocycles. The Labute approximate surface area is 143 Å². The van der Waals surface area contributed by atoms with E-state index in [1.54, 1.807) is 25.2 Å². The molecule has 9 heteroatoms. The molecule has 0 aliphatic heterocycles. The van der Waals surface area contributed by atoms with Gasteiger partial charge in [0.05, 0.1) is 32.9 Å². The molecule has 25 heavy (non-hydrogen) atoms. The molecule has 0 atom stereocenters. The van der Waals surface area contributed by atoms with Gasteiger partial charge < -0.3 is 19.5 Å². The van der Waals surface area contributed by atoms with Gasteiger partial charge in [-0.05, 0) is 18.2 Å². The molecule has 0 unspecified atom stereocenters. The van der Waals surface area contributed by atoms with E-state index in [1.807, 2.05) is 0 Å². The van der Waals surface area contributed by atoms with E-state index in [9.17, 15) is 14.4 Å². The number of anilines is 1. The first kappa shape index (κ1) is 18.0. The van der Waals surface area contributed by atoms with Crippen molar-refractivity contribution in [2.45, 2.75) is 0 Å². The first-order valence-electron chi connectivity index (χ1n) is 7.11. The van der Waals surface area contributed by atoms with Crippen LogP contribution in [0.5, 0.6) is 0 Å². The molecular weight excluding hydrogens is 330 g/mol. The molecule has 0 spiro atoms. The molecule has 2 rings (SSSR count). The number of carbonyl (C=O) groups is 3. The van der Waals surface area contributed by atoms with Crippen molar-refractivity contribution in [3.8, 4) is 0 Å². The number of methoxy groups -OCH3 is 3. The van der Waals surface area contributed by atoms with Crippen molar-refractivity contribution in [1.82, 2.24) is 9.78 Å². The zero-order chi connectivity index (χ0) is 18.6. The third kappa shape index (κ3) is 3.77. The maximum Gasteiger partial charge on any atom is 0.359 e. The predicted octanol–water partition coefficient (Wildman–Crippen LogP) is 1.00. The molecule has 2 aromatic rings. The lowest BCUT2D eigenvalue weighted by Crippen LogP contribution is -2.15. The summed E-state index contributed by atoms with van der Waals surface area (Å²) in [5.41, 5.74) is 1.17. The van der Waals surface area contributed by atoms with E-state index in [1.165, 1.54) is 26.0 Å². The summed E-state index contributed by atoms with van der Waals surface area (Å²) in [5, 5.41) is 7.43. The highest BCUT2D eigenvalue weighted by molar-refractivity contribution is 6.04. The maximum absolute atomic E-state index is 11.8. The third-order valence-corrected chi connectivity index (χ3v) is 3.38. The van der Waals surface area contributed by atoms with Crippen molar-refractivity contribution < 1.29 is 28.6 Å². The topological polar surface area (TPSA) is 109 Å². The molecule has 0 bridgehead atoms. The number of carbonyl (C=O) groups excluding carboxylic acids is 3. The van der Waals surface area contributed by atoms with Crippen molar-refractivity contribution in [3.63, 3.8) is 0 Å². The zero-order valence-corrected chi connectivity index (χ0v) is 14.2. The highest BCUT2D eigenvalue weighted by Gasteiger charge is 2.18. The van der Waals surface area contributed by atoms with Crippen LogP contribution in [0.4, 0.5) is 5.69 Å². The van der Waals surface area contributed by atoms with Gasteiger partial charge in [-0.15, -0.1) is 0 Å². The maximum atomic E-state index is 11.8. The lowest BCUT2D eigenvalue weighted by molar-refractivity contribution is -0.138. The number of aromatic nitrogens is 2. The Kier molecular flexibility index (Phi) is 5.38. The third-order valence-electron chi connectivity index (χ3n) is 3.38. The number of hydrogen-bond acceptors (Lipinski definition) is 8. The second-order valence-corrected chi connectivity index (χ2v) is 4.89. The fourth-order valence-corrected chi connectivity index (χ4v) is 2.18. The monoisotopic (exact) mass is 347 g/mol. The number of nitrogens with zero attached hydrogens (tertiary/aromatic N) is 2. The molecule has 1 heterocycles. The van der Waals surface area contributed by atoms with Gasteiger partial charge in [0.15, 0.2) is 5.69 Å². The number of benzene rings is 1. The Hall–Kier alpha value is -3.36. The van der Waals surface area contributed by atoms with Gasteiger partial charge in [0, 0.05) is 18.1 Å². The number of rotatable bonds is 5. The molecule has 0 radical (unpaired) electrons. The molecule has 0 aliphatic rings. The van der Waals surface area contributed by atoms with E-state index in [4.69, 9.17) is 4.74 Å². The van der Waals surface area contributed by atoms with Gasteiger partial charge >= 0.3 is 17.9 Å². The van der Waals surface area contributed by atoms with Crippen LogP contribution in [-0.2, 0) is 30.8 Å². The van der Waals surface area contributed by atoms with Crippen LogP contribution in [0.15, 0.2) is 30.0 Å². The Morgan fingerprint density at radius 1 is 1.12 bits per heavy atom. The van der Waals surface area contributed by atoms with Crippen LogP contribution in [0, 0.1) is 0 Å². The minimum atomic E-state index is -0.745. The zero-order valence-electron chi connectivity index (χ0n) is 14.2. The highest BCUT2D eigenvalue weighted by atomic mass is 16.5. The summed E-state index contributed by atoms with van der Waals surface area (Å²) in [7, 11) is 5.34. The van der Waals surface area contributed by atoms with Gasteiger partial charge in [-0.2, -0.15) is 5.10 Å². The molecular formula is C16H17N3O6. The van der Waals surface area contributed by atoms with E-state index in [0.717, 1.165) is 6.08 Å². The van der Waals surface area contributed by atoms with Crippen molar-refractivity contribution >= 4 is 34.5 Å². The van der Waals surface area contributed by atoms with Crippen LogP contribution in [0.3, 0.4) is 0 Å². The molecule has 132 valence electrons. The summed E-state index contributed by atoms with van der Waals surface area (Å²) in [6.45, 7) is 0. The van der Waals surface area contributed by atoms with E-state index in [2.05, 4.69) is 19.9 Å². The summed E-state index contributed by atoms with van der Waals surface area (Å²) >= 11 is 0. The van der Waals surface area contributed by atoms with E-state index in [-0.39, 0.29) is 11.4 Å². The minimum Gasteiger partial charge on any atom is -0.466 e. The van der Waals surface area contributed by atoms with Crippen molar-refractivity contribution in [2.24, 2.45) is 7.05 Å². The lowest BCUT2D eigenvalue weighted by atomic mass is 10.2. The second kappa shape index (κ2) is 7.47. The molecule has 0 aliphatic carbocycles. The molecule has 0 fully saturated rings. The summed E-state index contributed by atoms with van der Waals surface area (Å²) in [6, 6.07) is 4.99. The largest absolute Gasteiger partial charge is 0.466 e. The molecule has 0 amide bonds. The Balaban J connectivity index is 2.46. The van der Waals surface area contributed by atoms with E-state index < -0.39 is 17.9 Å². The van der Waals surface area contributed by atoms with E-state index in [0.29, 0.717) is 16.6 Å². The molecule has 1 N–H and O–H groups in total. The quantitative estimate of drug-likeness (QED) is 0.485. The molecule has 1 aromatic carbocycles. The standard InChI is InChI=1S/C16H17N3O6/c1-19-12-6-5-9(7-10(12)14(18-19)16(22)25-4)17-11(15(21)24-3)8-13(20)23-2/h5-8,17H,1-4H3/b11-8+. The molecule has 9 nitrogen and oxygen atoms in total. The van der Waals surface area contributed by atoms with Crippen LogP contribution in [0.25, 0.3) is 10.9 Å². The molecule has 0 saturated heterocycles. The van der Waals surface area contributed by atoms with Crippen LogP contribution in [0.2, 0.25) is 0 Å². The average molecular weight is 347 g/mol. The lowest BCUT2D eigenvalue weighted by Gasteiger charge is -2.09. The SMILES string of the molecule is COC(=O)/C=C(/Nc1ccc2c(c1)c(C(=O)OC)nn2C)C(=O)OC. The summed E-state index contributed by atoms with van der Waals surface area (Å²) in [4.78, 5) is 35.1. The normalized spacial score (nSPS) is 11.1. The fraction of sp³-hybridized carbons (Fsp3) is 0.250. The number of aryl methyl sites for hydroxylation is 1. The first-order valence-corrected chi connectivity index (χ1v) is 7.11. The fourth-order valence-electron chi connectivity index (χ4n) is 2.18. The number of hydrogen-bond donors (Lipinski definition) is 1. The summed E-state index contributed by atoms with van der Waals surface area (Å²) in [5.74, 6) is -2.04. The predicted molar refractivity (Wildman–Crippen MR) is 87.8 cm³/mol. The van der Waals surface area contributed by atoms with Crippen LogP contribution < -0.4 is 5.32 Å². The Bertz CT molecular complexity index is 868. The van der Waals surface area contributed by atoms with Gasteiger partial charge in [-0.3, -0.25) is 4.68 Å². The van der Waals surface area contributed by atoms with Gasteiger partial charge in [-0.1, -0.05) is 0 Å². The average Bonchev–Trinajstić information content (AvgIpc) is 2.95. The van der Waals surface area contributed by atoms with Gasteiger partial charge in [0.1, 0.15) is 5.70 Å². The first-order chi connectivity index (χ1) is 11.9. The smallest absolute Gasteiger partial charge is 0.359 e. The van der Waals surface area contributed by atoms with Crippen LogP contribution in [0.1, 0.15) is 10.5 Å². The van der Waals surface area contributed by atoms with Crippen molar-refractivity contribution in [2.75, 3.05) is 26.6 Å². The van der Waals surface area contributed by atoms with Gasteiger partial charge in [0.2, 0.25) is 0 Å². The Morgan fingerprint density at radius 2 is 1.84 bits per heavy atom. The number of esters is 3. The van der Waals surface area contributed by atoms with E-state index >= 15 is 0 Å². The number of ether oxygens (including phenoxy) is 3. The second-order valence-electron chi connectivity index (χ2n) is 4.89. The highest BCUT2D eigenvalue weighted by Crippen LogP contribution is 2.24. The van der Waals surface area contributed by atoms with Crippen LogP contribution >= 0.6 is 0 Å². The van der Waals surface area contributed by atoms with Gasteiger partial charge in [-0.25, -0.2) is 14.4 Å². The van der Waals surface area contributed by atoms with Crippen molar-refractivity contribution in [3.05, 3.63) is 35.7 Å². The minimum absolute atomic E-state index is 0.114. The van der Waals surface area contributed by atoms with Crippen LogP contribution in [-0.4, -0.2) is 49.0 Å². The summed E-state index contributed by atoms with van der Waals surface area (Å²) < 4.78 is 15.4.